The maximum absolute atomic E-state index is 12.5. The van der Waals surface area contributed by atoms with Gasteiger partial charge >= 0.3 is 0 Å². The van der Waals surface area contributed by atoms with Crippen molar-refractivity contribution < 1.29 is 13.2 Å². The Morgan fingerprint density at radius 2 is 1.77 bits per heavy atom. The Morgan fingerprint density at radius 3 is 2.32 bits per heavy atom. The van der Waals surface area contributed by atoms with Crippen molar-refractivity contribution in [1.82, 2.24) is 4.72 Å². The van der Waals surface area contributed by atoms with E-state index in [1.807, 2.05) is 0 Å². The van der Waals surface area contributed by atoms with Crippen molar-refractivity contribution in [2.24, 2.45) is 5.73 Å². The summed E-state index contributed by atoms with van der Waals surface area (Å²) >= 11 is 5.82. The van der Waals surface area contributed by atoms with Gasteiger partial charge in [-0.25, -0.2) is 8.42 Å². The van der Waals surface area contributed by atoms with Crippen LogP contribution < -0.4 is 10.5 Å². The first kappa shape index (κ1) is 16.5. The molecule has 7 heteroatoms. The summed E-state index contributed by atoms with van der Waals surface area (Å²) in [7, 11) is -3.97. The Labute approximate surface area is 134 Å². The van der Waals surface area contributed by atoms with Crippen molar-refractivity contribution in [3.8, 4) is 0 Å². The van der Waals surface area contributed by atoms with Crippen molar-refractivity contribution in [3.05, 3.63) is 65.2 Å². The molecule has 2 aromatic rings. The molecule has 0 spiro atoms. The highest BCUT2D eigenvalue weighted by atomic mass is 35.5. The van der Waals surface area contributed by atoms with Crippen LogP contribution in [0.5, 0.6) is 0 Å². The van der Waals surface area contributed by atoms with Gasteiger partial charge in [0, 0.05) is 5.02 Å². The maximum atomic E-state index is 12.5. The van der Waals surface area contributed by atoms with Gasteiger partial charge in [-0.1, -0.05) is 48.0 Å². The minimum atomic E-state index is -3.97. The number of halogens is 1. The molecule has 116 valence electrons. The van der Waals surface area contributed by atoms with Crippen LogP contribution in [0.2, 0.25) is 5.02 Å². The highest BCUT2D eigenvalue weighted by Crippen LogP contribution is 2.24. The molecule has 0 bridgehead atoms. The minimum Gasteiger partial charge on any atom is -0.368 e. The number of amides is 1. The number of hydrogen-bond acceptors (Lipinski definition) is 3. The van der Waals surface area contributed by atoms with Crippen LogP contribution >= 0.6 is 11.6 Å². The van der Waals surface area contributed by atoms with Crippen molar-refractivity contribution in [2.45, 2.75) is 17.4 Å². The third-order valence-corrected chi connectivity index (χ3v) is 5.08. The highest BCUT2D eigenvalue weighted by molar-refractivity contribution is 7.89. The molecule has 0 aliphatic heterocycles. The zero-order valence-corrected chi connectivity index (χ0v) is 13.4. The molecule has 0 saturated heterocycles. The lowest BCUT2D eigenvalue weighted by Gasteiger charge is -2.27. The Balaban J connectivity index is 2.47. The van der Waals surface area contributed by atoms with Gasteiger partial charge in [0.25, 0.3) is 0 Å². The normalized spacial score (nSPS) is 14.3. The summed E-state index contributed by atoms with van der Waals surface area (Å²) in [6.07, 6.45) is 0. The Morgan fingerprint density at radius 1 is 1.14 bits per heavy atom. The molecule has 2 aromatic carbocycles. The second kappa shape index (κ2) is 6.08. The zero-order chi connectivity index (χ0) is 16.4. The summed E-state index contributed by atoms with van der Waals surface area (Å²) in [5.74, 6) is -0.802. The third kappa shape index (κ3) is 3.30. The lowest BCUT2D eigenvalue weighted by atomic mass is 9.93. The third-order valence-electron chi connectivity index (χ3n) is 3.29. The molecule has 0 aromatic heterocycles. The quantitative estimate of drug-likeness (QED) is 0.874. The minimum absolute atomic E-state index is 0.0385. The fourth-order valence-electron chi connectivity index (χ4n) is 1.98. The van der Waals surface area contributed by atoms with Gasteiger partial charge in [-0.05, 0) is 30.7 Å². The first-order valence-corrected chi connectivity index (χ1v) is 8.27. The number of primary amides is 1. The van der Waals surface area contributed by atoms with Gasteiger partial charge in [0.15, 0.2) is 0 Å². The van der Waals surface area contributed by atoms with Gasteiger partial charge in [-0.2, -0.15) is 4.72 Å². The van der Waals surface area contributed by atoms with E-state index in [1.54, 1.807) is 36.4 Å². The lowest BCUT2D eigenvalue weighted by Crippen LogP contribution is -2.52. The predicted octanol–water partition coefficient (Wildman–Crippen LogP) is 2.02. The maximum Gasteiger partial charge on any atom is 0.243 e. The van der Waals surface area contributed by atoms with Crippen LogP contribution in [0.3, 0.4) is 0 Å². The molecule has 0 aliphatic carbocycles. The van der Waals surface area contributed by atoms with E-state index in [0.29, 0.717) is 5.56 Å². The van der Waals surface area contributed by atoms with Gasteiger partial charge < -0.3 is 5.73 Å². The van der Waals surface area contributed by atoms with Crippen molar-refractivity contribution in [3.63, 3.8) is 0 Å². The van der Waals surface area contributed by atoms with E-state index < -0.39 is 21.5 Å². The molecule has 0 unspecified atom stereocenters. The van der Waals surface area contributed by atoms with E-state index in [0.717, 1.165) is 0 Å². The second-order valence-electron chi connectivity index (χ2n) is 4.92. The average molecular weight is 339 g/mol. The van der Waals surface area contributed by atoms with Gasteiger partial charge in [-0.3, -0.25) is 4.79 Å². The van der Waals surface area contributed by atoms with Crippen LogP contribution in [0.1, 0.15) is 12.5 Å². The number of rotatable bonds is 5. The molecule has 3 N–H and O–H groups in total. The molecule has 5 nitrogen and oxygen atoms in total. The predicted molar refractivity (Wildman–Crippen MR) is 84.8 cm³/mol. The average Bonchev–Trinajstić information content (AvgIpc) is 2.47. The summed E-state index contributed by atoms with van der Waals surface area (Å²) in [4.78, 5) is 11.8. The number of carbonyl (C=O) groups is 1. The number of sulfonamides is 1. The number of carbonyl (C=O) groups excluding carboxylic acids is 1. The van der Waals surface area contributed by atoms with Crippen LogP contribution in [0.15, 0.2) is 59.5 Å². The fraction of sp³-hybridized carbons (Fsp3) is 0.133. The van der Waals surface area contributed by atoms with Crippen LogP contribution in [0.4, 0.5) is 0 Å². The summed E-state index contributed by atoms with van der Waals surface area (Å²) in [6.45, 7) is 1.42. The first-order chi connectivity index (χ1) is 10.3. The zero-order valence-electron chi connectivity index (χ0n) is 11.8. The van der Waals surface area contributed by atoms with Gasteiger partial charge in [0.2, 0.25) is 15.9 Å². The summed E-state index contributed by atoms with van der Waals surface area (Å²) < 4.78 is 27.4. The molecule has 0 fully saturated rings. The Bertz CT molecular complexity index is 793. The molecule has 0 heterocycles. The van der Waals surface area contributed by atoms with Gasteiger partial charge in [0.05, 0.1) is 4.90 Å². The molecule has 1 amide bonds. The van der Waals surface area contributed by atoms with Crippen LogP contribution in [-0.2, 0) is 20.4 Å². The number of nitrogens with two attached hydrogens (primary N) is 1. The van der Waals surface area contributed by atoms with Crippen molar-refractivity contribution >= 4 is 27.5 Å². The van der Waals surface area contributed by atoms with Crippen molar-refractivity contribution in [1.29, 1.82) is 0 Å². The van der Waals surface area contributed by atoms with E-state index >= 15 is 0 Å². The SMILES string of the molecule is C[C@](NS(=O)(=O)c1cccc(Cl)c1)(C(N)=O)c1ccccc1. The second-order valence-corrected chi connectivity index (χ2v) is 7.04. The fourth-order valence-corrected chi connectivity index (χ4v) is 3.65. The largest absolute Gasteiger partial charge is 0.368 e. The van der Waals surface area contributed by atoms with Crippen LogP contribution in [0, 0.1) is 0 Å². The first-order valence-electron chi connectivity index (χ1n) is 6.41. The Kier molecular flexibility index (Phi) is 4.55. The summed E-state index contributed by atoms with van der Waals surface area (Å²) in [5, 5.41) is 0.281. The molecular formula is C15H15ClN2O3S. The number of benzene rings is 2. The topological polar surface area (TPSA) is 89.3 Å². The Hall–Kier alpha value is -1.89. The lowest BCUT2D eigenvalue weighted by molar-refractivity contribution is -0.123. The van der Waals surface area contributed by atoms with E-state index in [9.17, 15) is 13.2 Å². The van der Waals surface area contributed by atoms with Crippen LogP contribution in [-0.4, -0.2) is 14.3 Å². The van der Waals surface area contributed by atoms with Crippen LogP contribution in [0.25, 0.3) is 0 Å². The number of nitrogens with one attached hydrogen (secondary N) is 1. The standard InChI is InChI=1S/C15H15ClN2O3S/c1-15(14(17)19,11-6-3-2-4-7-11)18-22(20,21)13-9-5-8-12(16)10-13/h2-10,18H,1H3,(H2,17,19)/t15-/m1/s1. The van der Waals surface area contributed by atoms with E-state index in [1.165, 1.54) is 25.1 Å². The van der Waals surface area contributed by atoms with E-state index in [2.05, 4.69) is 4.72 Å². The van der Waals surface area contributed by atoms with E-state index in [-0.39, 0.29) is 9.92 Å². The highest BCUT2D eigenvalue weighted by Gasteiger charge is 2.37. The monoisotopic (exact) mass is 338 g/mol. The number of hydrogen-bond donors (Lipinski definition) is 2. The molecule has 2 rings (SSSR count). The van der Waals surface area contributed by atoms with E-state index in [4.69, 9.17) is 17.3 Å². The molecule has 1 atom stereocenters. The van der Waals surface area contributed by atoms with Gasteiger partial charge in [0.1, 0.15) is 5.54 Å². The molecule has 0 saturated carbocycles. The summed E-state index contributed by atoms with van der Waals surface area (Å²) in [6, 6.07) is 14.2. The van der Waals surface area contributed by atoms with Crippen molar-refractivity contribution in [2.75, 3.05) is 0 Å². The molecule has 0 aliphatic rings. The smallest absolute Gasteiger partial charge is 0.243 e. The molecule has 0 radical (unpaired) electrons. The summed E-state index contributed by atoms with van der Waals surface area (Å²) in [5.41, 5.74) is 4.31. The molecule has 22 heavy (non-hydrogen) atoms. The van der Waals surface area contributed by atoms with Gasteiger partial charge in [-0.15, -0.1) is 0 Å². The molecular weight excluding hydrogens is 324 g/mol.